The van der Waals surface area contributed by atoms with E-state index in [0.29, 0.717) is 6.54 Å². The molecule has 1 N–H and O–H groups in total. The summed E-state index contributed by atoms with van der Waals surface area (Å²) in [6.07, 6.45) is 5.20. The number of benzene rings is 2. The molecule has 1 aromatic heterocycles. The smallest absolute Gasteiger partial charge is 0.228 e. The van der Waals surface area contributed by atoms with E-state index < -0.39 is 0 Å². The lowest BCUT2D eigenvalue weighted by Crippen LogP contribution is -2.23. The number of hydrogen-bond acceptors (Lipinski definition) is 2. The number of nitrogens with zero attached hydrogens (tertiary/aromatic N) is 1. The maximum atomic E-state index is 12.3. The largest absolute Gasteiger partial charge is 0.351 e. The summed E-state index contributed by atoms with van der Waals surface area (Å²) >= 11 is 0. The van der Waals surface area contributed by atoms with E-state index in [2.05, 4.69) is 55.3 Å². The Labute approximate surface area is 149 Å². The van der Waals surface area contributed by atoms with E-state index in [0.717, 1.165) is 21.9 Å². The maximum Gasteiger partial charge on any atom is 0.228 e. The maximum absolute atomic E-state index is 12.3. The highest BCUT2D eigenvalue weighted by Crippen LogP contribution is 2.22. The van der Waals surface area contributed by atoms with Gasteiger partial charge in [-0.25, -0.2) is 0 Å². The number of hydrogen-bond donors (Lipinski definition) is 1. The zero-order valence-corrected chi connectivity index (χ0v) is 14.9. The van der Waals surface area contributed by atoms with Gasteiger partial charge in [-0.3, -0.25) is 9.78 Å². The van der Waals surface area contributed by atoms with Crippen LogP contribution < -0.4 is 5.32 Å². The molecule has 3 aromatic rings. The normalized spacial score (nSPS) is 11.5. The van der Waals surface area contributed by atoms with E-state index in [1.807, 2.05) is 24.3 Å². The summed E-state index contributed by atoms with van der Waals surface area (Å²) in [6, 6.07) is 16.2. The van der Waals surface area contributed by atoms with Crippen molar-refractivity contribution in [3.05, 3.63) is 84.0 Å². The van der Waals surface area contributed by atoms with E-state index >= 15 is 0 Å². The molecule has 0 unspecified atom stereocenters. The van der Waals surface area contributed by atoms with Crippen molar-refractivity contribution in [2.45, 2.75) is 32.7 Å². The molecule has 0 aliphatic rings. The number of carbonyl (C=O) groups is 1. The second-order valence-corrected chi connectivity index (χ2v) is 7.25. The summed E-state index contributed by atoms with van der Waals surface area (Å²) < 4.78 is 0. The predicted molar refractivity (Wildman–Crippen MR) is 102 cm³/mol. The van der Waals surface area contributed by atoms with Gasteiger partial charge in [-0.2, -0.15) is 0 Å². The van der Waals surface area contributed by atoms with Gasteiger partial charge >= 0.3 is 0 Å². The predicted octanol–water partition coefficient (Wildman–Crippen LogP) is 4.40. The minimum Gasteiger partial charge on any atom is -0.351 e. The van der Waals surface area contributed by atoms with Gasteiger partial charge in [0.2, 0.25) is 5.91 Å². The lowest BCUT2D eigenvalue weighted by Gasteiger charge is -2.19. The molecule has 0 aliphatic heterocycles. The fourth-order valence-corrected chi connectivity index (χ4v) is 2.78. The van der Waals surface area contributed by atoms with E-state index in [-0.39, 0.29) is 11.3 Å². The minimum atomic E-state index is -0.0933. The Morgan fingerprint density at radius 2 is 1.84 bits per heavy atom. The van der Waals surface area contributed by atoms with E-state index in [1.165, 1.54) is 5.56 Å². The third kappa shape index (κ3) is 4.24. The molecule has 3 heteroatoms. The average Bonchev–Trinajstić information content (AvgIpc) is 2.60. The molecular weight excluding hydrogens is 308 g/mol. The van der Waals surface area contributed by atoms with Gasteiger partial charge in [0.15, 0.2) is 0 Å². The van der Waals surface area contributed by atoms with Gasteiger partial charge in [0.1, 0.15) is 0 Å². The highest BCUT2D eigenvalue weighted by molar-refractivity contribution is 5.95. The number of aromatic nitrogens is 1. The second kappa shape index (κ2) is 7.06. The minimum absolute atomic E-state index is 0.0933. The monoisotopic (exact) mass is 331 g/mol. The Morgan fingerprint density at radius 1 is 1.08 bits per heavy atom. The standard InChI is InChI=1S/C22H23N2O/c1-22(2,3)19-9-7-16(8-10-19)14-24-21(25)13-17-5-4-6-18-15-23-12-11-20(17)18/h4-13,15H,14H2,1-3H3,(H,24,25). The van der Waals surface area contributed by atoms with Gasteiger partial charge in [-0.15, -0.1) is 0 Å². The molecule has 25 heavy (non-hydrogen) atoms. The molecule has 0 saturated heterocycles. The molecule has 0 spiro atoms. The van der Waals surface area contributed by atoms with Crippen molar-refractivity contribution in [2.24, 2.45) is 0 Å². The van der Waals surface area contributed by atoms with Crippen LogP contribution in [0, 0.1) is 6.42 Å². The molecule has 0 saturated carbocycles. The molecule has 0 atom stereocenters. The Kier molecular flexibility index (Phi) is 4.84. The molecule has 1 amide bonds. The van der Waals surface area contributed by atoms with Crippen molar-refractivity contribution in [2.75, 3.05) is 0 Å². The molecular formula is C22H23N2O. The van der Waals surface area contributed by atoms with Gasteiger partial charge in [0.05, 0.1) is 6.42 Å². The van der Waals surface area contributed by atoms with Gasteiger partial charge < -0.3 is 5.32 Å². The summed E-state index contributed by atoms with van der Waals surface area (Å²) in [7, 11) is 0. The van der Waals surface area contributed by atoms with E-state index in [1.54, 1.807) is 18.8 Å². The topological polar surface area (TPSA) is 42.0 Å². The molecule has 3 nitrogen and oxygen atoms in total. The van der Waals surface area contributed by atoms with Crippen LogP contribution in [0.2, 0.25) is 0 Å². The van der Waals surface area contributed by atoms with Gasteiger partial charge in [-0.1, -0.05) is 63.2 Å². The SMILES string of the molecule is CC(C)(C)c1ccc(CNC(=O)[CH]c2cccc3cnccc23)cc1. The zero-order chi connectivity index (χ0) is 17.9. The van der Waals surface area contributed by atoms with Crippen LogP contribution >= 0.6 is 0 Å². The van der Waals surface area contributed by atoms with Crippen LogP contribution in [0.15, 0.2) is 60.9 Å². The summed E-state index contributed by atoms with van der Waals surface area (Å²) in [6.45, 7) is 7.10. The second-order valence-electron chi connectivity index (χ2n) is 7.25. The van der Waals surface area contributed by atoms with Crippen LogP contribution in [-0.4, -0.2) is 10.9 Å². The van der Waals surface area contributed by atoms with Crippen molar-refractivity contribution in [3.8, 4) is 0 Å². The third-order valence-electron chi connectivity index (χ3n) is 4.29. The number of nitrogens with one attached hydrogen (secondary N) is 1. The summed E-state index contributed by atoms with van der Waals surface area (Å²) in [5.74, 6) is -0.0933. The number of fused-ring (bicyclic) bond motifs is 1. The van der Waals surface area contributed by atoms with Crippen molar-refractivity contribution in [1.29, 1.82) is 0 Å². The van der Waals surface area contributed by atoms with Gasteiger partial charge in [-0.05, 0) is 33.6 Å². The molecule has 0 fully saturated rings. The van der Waals surface area contributed by atoms with Crippen molar-refractivity contribution >= 4 is 16.7 Å². The highest BCUT2D eigenvalue weighted by Gasteiger charge is 2.13. The first-order valence-corrected chi connectivity index (χ1v) is 8.48. The summed E-state index contributed by atoms with van der Waals surface area (Å²) in [5.41, 5.74) is 3.43. The molecule has 0 bridgehead atoms. The quantitative estimate of drug-likeness (QED) is 0.770. The first-order chi connectivity index (χ1) is 11.9. The number of rotatable bonds is 4. The lowest BCUT2D eigenvalue weighted by molar-refractivity contribution is -0.117. The van der Waals surface area contributed by atoms with Crippen LogP contribution in [0.3, 0.4) is 0 Å². The molecule has 2 aromatic carbocycles. The number of pyridine rings is 1. The van der Waals surface area contributed by atoms with Crippen LogP contribution in [0.1, 0.15) is 37.5 Å². The van der Waals surface area contributed by atoms with Crippen LogP contribution in [0.25, 0.3) is 10.8 Å². The summed E-state index contributed by atoms with van der Waals surface area (Å²) in [5, 5.41) is 5.02. The fourth-order valence-electron chi connectivity index (χ4n) is 2.78. The van der Waals surface area contributed by atoms with Crippen LogP contribution in [0.4, 0.5) is 0 Å². The Hall–Kier alpha value is -2.68. The number of carbonyl (C=O) groups excluding carboxylic acids is 1. The first kappa shape index (κ1) is 17.2. The fraction of sp³-hybridized carbons (Fsp3) is 0.227. The van der Waals surface area contributed by atoms with Crippen molar-refractivity contribution in [3.63, 3.8) is 0 Å². The molecule has 1 heterocycles. The lowest BCUT2D eigenvalue weighted by atomic mass is 9.87. The molecule has 3 rings (SSSR count). The third-order valence-corrected chi connectivity index (χ3v) is 4.29. The molecule has 1 radical (unpaired) electrons. The van der Waals surface area contributed by atoms with Gasteiger partial charge in [0.25, 0.3) is 0 Å². The van der Waals surface area contributed by atoms with E-state index in [9.17, 15) is 4.79 Å². The first-order valence-electron chi connectivity index (χ1n) is 8.48. The average molecular weight is 331 g/mol. The summed E-state index contributed by atoms with van der Waals surface area (Å²) in [4.78, 5) is 16.4. The Bertz CT molecular complexity index is 871. The van der Waals surface area contributed by atoms with Crippen LogP contribution in [0.5, 0.6) is 0 Å². The highest BCUT2D eigenvalue weighted by atomic mass is 16.1. The molecule has 127 valence electrons. The van der Waals surface area contributed by atoms with Crippen LogP contribution in [-0.2, 0) is 16.8 Å². The van der Waals surface area contributed by atoms with Crippen molar-refractivity contribution in [1.82, 2.24) is 10.3 Å². The Morgan fingerprint density at radius 3 is 2.56 bits per heavy atom. The van der Waals surface area contributed by atoms with Crippen molar-refractivity contribution < 1.29 is 4.79 Å². The van der Waals surface area contributed by atoms with E-state index in [4.69, 9.17) is 0 Å². The zero-order valence-electron chi connectivity index (χ0n) is 14.9. The molecule has 0 aliphatic carbocycles. The Balaban J connectivity index is 1.63. The number of amides is 1. The van der Waals surface area contributed by atoms with Gasteiger partial charge in [0, 0.05) is 24.3 Å².